The Morgan fingerprint density at radius 3 is 2.77 bits per heavy atom. The molecule has 5 rings (SSSR count). The van der Waals surface area contributed by atoms with E-state index in [4.69, 9.17) is 19.5 Å². The molecule has 2 aromatic rings. The number of hydrogen-bond donors (Lipinski definition) is 0. The molecular formula is C23H24N4O4. The second-order valence-corrected chi connectivity index (χ2v) is 8.06. The van der Waals surface area contributed by atoms with Gasteiger partial charge in [0.2, 0.25) is 12.7 Å². The van der Waals surface area contributed by atoms with Crippen LogP contribution < -0.4 is 14.4 Å². The summed E-state index contributed by atoms with van der Waals surface area (Å²) in [4.78, 5) is 21.5. The zero-order valence-electron chi connectivity index (χ0n) is 17.2. The van der Waals surface area contributed by atoms with Crippen molar-refractivity contribution in [3.8, 4) is 17.6 Å². The monoisotopic (exact) mass is 420 g/mol. The molecule has 8 nitrogen and oxygen atoms in total. The Balaban J connectivity index is 1.12. The van der Waals surface area contributed by atoms with Crippen molar-refractivity contribution in [2.24, 2.45) is 0 Å². The number of hydrogen-bond acceptors (Lipinski definition) is 7. The Morgan fingerprint density at radius 1 is 1.19 bits per heavy atom. The number of carbonyl (C=O) groups excluding carboxylic acids is 1. The van der Waals surface area contributed by atoms with E-state index >= 15 is 0 Å². The fraction of sp³-hybridized carbons (Fsp3) is 0.435. The van der Waals surface area contributed by atoms with E-state index in [-0.39, 0.29) is 24.8 Å². The first-order chi connectivity index (χ1) is 15.2. The first kappa shape index (κ1) is 19.6. The maximum Gasteiger partial charge on any atom is 0.231 e. The maximum absolute atomic E-state index is 12.8. The van der Waals surface area contributed by atoms with Gasteiger partial charge in [-0.25, -0.2) is 4.98 Å². The molecule has 2 bridgehead atoms. The highest BCUT2D eigenvalue weighted by Crippen LogP contribution is 2.36. The number of para-hydroxylation sites is 1. The predicted octanol–water partition coefficient (Wildman–Crippen LogP) is 2.47. The topological polar surface area (TPSA) is 87.9 Å². The highest BCUT2D eigenvalue weighted by Gasteiger charge is 2.41. The molecule has 2 fully saturated rings. The number of rotatable bonds is 6. The minimum absolute atomic E-state index is 0.127. The van der Waals surface area contributed by atoms with E-state index in [1.54, 1.807) is 12.3 Å². The number of amides is 1. The first-order valence-electron chi connectivity index (χ1n) is 10.6. The average Bonchev–Trinajstić information content (AvgIpc) is 3.39. The highest BCUT2D eigenvalue weighted by atomic mass is 16.7. The molecule has 1 aromatic heterocycles. The van der Waals surface area contributed by atoms with E-state index in [0.717, 1.165) is 35.7 Å². The van der Waals surface area contributed by atoms with Crippen LogP contribution in [-0.4, -0.2) is 54.4 Å². The molecule has 0 saturated carbocycles. The fourth-order valence-electron chi connectivity index (χ4n) is 4.69. The summed E-state index contributed by atoms with van der Waals surface area (Å²) in [5, 5.41) is 8.98. The number of piperazine rings is 1. The summed E-state index contributed by atoms with van der Waals surface area (Å²) in [6.07, 6.45) is 4.07. The molecule has 31 heavy (non-hydrogen) atoms. The quantitative estimate of drug-likeness (QED) is 0.664. The summed E-state index contributed by atoms with van der Waals surface area (Å²) in [7, 11) is 0. The van der Waals surface area contributed by atoms with Crippen molar-refractivity contribution in [3.63, 3.8) is 0 Å². The van der Waals surface area contributed by atoms with Crippen molar-refractivity contribution in [3.05, 3.63) is 47.7 Å². The van der Waals surface area contributed by atoms with Crippen molar-refractivity contribution in [1.82, 2.24) is 9.88 Å². The van der Waals surface area contributed by atoms with E-state index in [9.17, 15) is 4.79 Å². The van der Waals surface area contributed by atoms with Gasteiger partial charge in [-0.05, 0) is 31.0 Å². The van der Waals surface area contributed by atoms with Crippen LogP contribution >= 0.6 is 0 Å². The summed E-state index contributed by atoms with van der Waals surface area (Å²) in [5.74, 6) is 2.49. The maximum atomic E-state index is 12.8. The van der Waals surface area contributed by atoms with Gasteiger partial charge in [-0.3, -0.25) is 4.79 Å². The summed E-state index contributed by atoms with van der Waals surface area (Å²) in [6.45, 7) is 2.40. The lowest BCUT2D eigenvalue weighted by Crippen LogP contribution is -2.55. The Hall–Kier alpha value is -3.31. The second kappa shape index (κ2) is 8.44. The van der Waals surface area contributed by atoms with Gasteiger partial charge in [0.15, 0.2) is 11.5 Å². The average molecular weight is 420 g/mol. The molecular weight excluding hydrogens is 396 g/mol. The van der Waals surface area contributed by atoms with Crippen LogP contribution in [0.5, 0.6) is 11.5 Å². The third kappa shape index (κ3) is 3.89. The van der Waals surface area contributed by atoms with Crippen LogP contribution in [0.4, 0.5) is 5.82 Å². The van der Waals surface area contributed by atoms with Crippen LogP contribution in [0.25, 0.3) is 0 Å². The molecule has 0 radical (unpaired) electrons. The van der Waals surface area contributed by atoms with E-state index < -0.39 is 0 Å². The Labute approximate surface area is 180 Å². The summed E-state index contributed by atoms with van der Waals surface area (Å²) in [5.41, 5.74) is 1.49. The minimum atomic E-state index is 0.127. The van der Waals surface area contributed by atoms with E-state index in [2.05, 4.69) is 16.0 Å². The summed E-state index contributed by atoms with van der Waals surface area (Å²) >= 11 is 0. The summed E-state index contributed by atoms with van der Waals surface area (Å²) < 4.78 is 16.6. The van der Waals surface area contributed by atoms with E-state index in [1.807, 2.05) is 29.2 Å². The SMILES string of the molecule is N#Cc1ccc(N2C3CCC2CN(C(=O)CCOCc2cccc4c2OCO4)C3)nc1. The van der Waals surface area contributed by atoms with E-state index in [0.29, 0.717) is 38.3 Å². The molecule has 1 amide bonds. The predicted molar refractivity (Wildman–Crippen MR) is 112 cm³/mol. The molecule has 0 aliphatic carbocycles. The van der Waals surface area contributed by atoms with Crippen molar-refractivity contribution in [1.29, 1.82) is 5.26 Å². The van der Waals surface area contributed by atoms with Crippen LogP contribution in [0.3, 0.4) is 0 Å². The molecule has 8 heteroatoms. The molecule has 3 aliphatic heterocycles. The Bertz CT molecular complexity index is 990. The zero-order valence-corrected chi connectivity index (χ0v) is 17.2. The number of nitriles is 1. The lowest BCUT2D eigenvalue weighted by molar-refractivity contribution is -0.133. The number of aromatic nitrogens is 1. The number of pyridine rings is 1. The van der Waals surface area contributed by atoms with Crippen molar-refractivity contribution < 1.29 is 19.0 Å². The third-order valence-electron chi connectivity index (χ3n) is 6.17. The van der Waals surface area contributed by atoms with Gasteiger partial charge < -0.3 is 24.0 Å². The van der Waals surface area contributed by atoms with Crippen LogP contribution in [0.15, 0.2) is 36.5 Å². The van der Waals surface area contributed by atoms with Crippen LogP contribution in [-0.2, 0) is 16.1 Å². The molecule has 2 saturated heterocycles. The van der Waals surface area contributed by atoms with Crippen LogP contribution in [0.2, 0.25) is 0 Å². The number of anilines is 1. The Kier molecular flexibility index (Phi) is 5.35. The number of benzene rings is 1. The lowest BCUT2D eigenvalue weighted by atomic mass is 10.1. The molecule has 0 N–H and O–H groups in total. The normalized spacial score (nSPS) is 21.3. The molecule has 4 heterocycles. The van der Waals surface area contributed by atoms with E-state index in [1.165, 1.54) is 0 Å². The number of nitrogens with zero attached hydrogens (tertiary/aromatic N) is 4. The molecule has 2 unspecified atom stereocenters. The van der Waals surface area contributed by atoms with Crippen molar-refractivity contribution >= 4 is 11.7 Å². The molecule has 160 valence electrons. The van der Waals surface area contributed by atoms with Crippen LogP contribution in [0, 0.1) is 11.3 Å². The first-order valence-corrected chi connectivity index (χ1v) is 10.6. The highest BCUT2D eigenvalue weighted by molar-refractivity contribution is 5.77. The van der Waals surface area contributed by atoms with Crippen molar-refractivity contribution in [2.75, 3.05) is 31.4 Å². The van der Waals surface area contributed by atoms with Gasteiger partial charge in [-0.2, -0.15) is 5.26 Å². The molecule has 3 aliphatic rings. The standard InChI is InChI=1S/C23H24N4O4/c24-10-16-4-7-21(25-11-16)27-18-5-6-19(27)13-26(12-18)22(28)8-9-29-14-17-2-1-3-20-23(17)31-15-30-20/h1-4,7,11,18-19H,5-6,8-9,12-15H2. The number of fused-ring (bicyclic) bond motifs is 3. The molecule has 0 spiro atoms. The Morgan fingerprint density at radius 2 is 2.03 bits per heavy atom. The van der Waals surface area contributed by atoms with Crippen molar-refractivity contribution in [2.45, 2.75) is 38.0 Å². The van der Waals surface area contributed by atoms with Gasteiger partial charge in [-0.15, -0.1) is 0 Å². The number of likely N-dealkylation sites (tertiary alicyclic amines) is 1. The second-order valence-electron chi connectivity index (χ2n) is 8.06. The molecule has 1 aromatic carbocycles. The van der Waals surface area contributed by atoms with Gasteiger partial charge in [0.25, 0.3) is 0 Å². The third-order valence-corrected chi connectivity index (χ3v) is 6.17. The number of ether oxygens (including phenoxy) is 3. The van der Waals surface area contributed by atoms with Gasteiger partial charge in [0.05, 0.1) is 25.2 Å². The van der Waals surface area contributed by atoms with Gasteiger partial charge in [0.1, 0.15) is 11.9 Å². The molecule has 2 atom stereocenters. The van der Waals surface area contributed by atoms with Gasteiger partial charge in [-0.1, -0.05) is 12.1 Å². The van der Waals surface area contributed by atoms with Gasteiger partial charge >= 0.3 is 0 Å². The minimum Gasteiger partial charge on any atom is -0.454 e. The zero-order chi connectivity index (χ0) is 21.2. The largest absolute Gasteiger partial charge is 0.454 e. The fourth-order valence-corrected chi connectivity index (χ4v) is 4.69. The summed E-state index contributed by atoms with van der Waals surface area (Å²) in [6, 6.07) is 12.1. The lowest BCUT2D eigenvalue weighted by Gasteiger charge is -2.41. The van der Waals surface area contributed by atoms with Gasteiger partial charge in [0, 0.05) is 36.9 Å². The number of carbonyl (C=O) groups is 1. The van der Waals surface area contributed by atoms with Crippen LogP contribution in [0.1, 0.15) is 30.4 Å². The smallest absolute Gasteiger partial charge is 0.231 e.